The first-order chi connectivity index (χ1) is 17.3. The van der Waals surface area contributed by atoms with Gasteiger partial charge in [0.1, 0.15) is 6.04 Å². The number of carbonyl (C=O) groups excluding carboxylic acids is 1. The van der Waals surface area contributed by atoms with Gasteiger partial charge < -0.3 is 19.1 Å². The Morgan fingerprint density at radius 3 is 2.47 bits per heavy atom. The van der Waals surface area contributed by atoms with Crippen molar-refractivity contribution in [2.45, 2.75) is 19.9 Å². The summed E-state index contributed by atoms with van der Waals surface area (Å²) < 4.78 is 18.6. The van der Waals surface area contributed by atoms with E-state index in [2.05, 4.69) is 4.99 Å². The second-order valence-electron chi connectivity index (χ2n) is 8.37. The van der Waals surface area contributed by atoms with Crippen LogP contribution in [0.3, 0.4) is 0 Å². The molecule has 188 valence electrons. The highest BCUT2D eigenvalue weighted by molar-refractivity contribution is 7.07. The largest absolute Gasteiger partial charge is 0.493 e. The van der Waals surface area contributed by atoms with Crippen molar-refractivity contribution in [3.8, 4) is 11.5 Å². The molecule has 1 atom stereocenters. The van der Waals surface area contributed by atoms with Crippen LogP contribution in [0.5, 0.6) is 11.5 Å². The van der Waals surface area contributed by atoms with E-state index in [0.717, 1.165) is 11.3 Å². The van der Waals surface area contributed by atoms with E-state index < -0.39 is 12.0 Å². The van der Waals surface area contributed by atoms with Gasteiger partial charge in [-0.15, -0.1) is 0 Å². The number of methoxy groups -OCH3 is 2. The number of fused-ring (bicyclic) bond motifs is 1. The van der Waals surface area contributed by atoms with Crippen LogP contribution in [0.25, 0.3) is 6.08 Å². The minimum Gasteiger partial charge on any atom is -0.493 e. The van der Waals surface area contributed by atoms with Crippen molar-refractivity contribution in [1.82, 2.24) is 4.57 Å². The fraction of sp³-hybridized carbons (Fsp3) is 0.296. The average Bonchev–Trinajstić information content (AvgIpc) is 3.17. The minimum absolute atomic E-state index is 0.199. The summed E-state index contributed by atoms with van der Waals surface area (Å²) in [4.78, 5) is 34.0. The number of anilines is 1. The van der Waals surface area contributed by atoms with Gasteiger partial charge in [-0.3, -0.25) is 9.36 Å². The first-order valence-electron chi connectivity index (χ1n) is 11.5. The minimum atomic E-state index is -0.788. The number of carbonyl (C=O) groups is 1. The lowest BCUT2D eigenvalue weighted by atomic mass is 9.94. The molecule has 2 heterocycles. The summed E-state index contributed by atoms with van der Waals surface area (Å²) in [5.41, 5.74) is 3.09. The van der Waals surface area contributed by atoms with Gasteiger partial charge in [-0.1, -0.05) is 35.6 Å². The number of benzene rings is 2. The zero-order valence-corrected chi connectivity index (χ0v) is 22.0. The lowest BCUT2D eigenvalue weighted by molar-refractivity contribution is -0.139. The van der Waals surface area contributed by atoms with Crippen molar-refractivity contribution < 1.29 is 19.0 Å². The third kappa shape index (κ3) is 4.54. The van der Waals surface area contributed by atoms with Gasteiger partial charge in [0, 0.05) is 25.3 Å². The Kier molecular flexibility index (Phi) is 7.30. The van der Waals surface area contributed by atoms with Crippen LogP contribution in [0, 0.1) is 0 Å². The van der Waals surface area contributed by atoms with E-state index in [-0.39, 0.29) is 17.7 Å². The van der Waals surface area contributed by atoms with Crippen LogP contribution in [-0.2, 0) is 9.53 Å². The Morgan fingerprint density at radius 2 is 1.86 bits per heavy atom. The third-order valence-corrected chi connectivity index (χ3v) is 6.94. The first-order valence-corrected chi connectivity index (χ1v) is 12.3. The van der Waals surface area contributed by atoms with Gasteiger partial charge in [0.25, 0.3) is 5.56 Å². The van der Waals surface area contributed by atoms with Crippen molar-refractivity contribution in [2.75, 3.05) is 39.8 Å². The van der Waals surface area contributed by atoms with Crippen LogP contribution >= 0.6 is 11.3 Å². The molecule has 0 fully saturated rings. The normalized spacial score (nSPS) is 15.3. The van der Waals surface area contributed by atoms with Crippen LogP contribution in [0.2, 0.25) is 0 Å². The third-order valence-electron chi connectivity index (χ3n) is 5.95. The number of hydrogen-bond acceptors (Lipinski definition) is 8. The maximum atomic E-state index is 13.8. The van der Waals surface area contributed by atoms with E-state index in [1.54, 1.807) is 37.7 Å². The summed E-state index contributed by atoms with van der Waals surface area (Å²) in [6.07, 6.45) is 1.84. The predicted molar refractivity (Wildman–Crippen MR) is 141 cm³/mol. The van der Waals surface area contributed by atoms with E-state index in [1.807, 2.05) is 55.4 Å². The van der Waals surface area contributed by atoms with Crippen LogP contribution in [0.4, 0.5) is 5.69 Å². The van der Waals surface area contributed by atoms with Gasteiger partial charge in [0.15, 0.2) is 16.3 Å². The number of para-hydroxylation sites is 1. The Bertz CT molecular complexity index is 1500. The molecular formula is C27H29N3O5S. The molecule has 0 saturated heterocycles. The SMILES string of the molecule is CCOC(=O)C1=C(C)N=c2s/c(=C\c3ccc(N(C)C)cc3)c(=O)n2[C@H]1c1cccc(OC)c1OC. The second kappa shape index (κ2) is 10.4. The van der Waals surface area contributed by atoms with Crippen LogP contribution in [0.1, 0.15) is 31.0 Å². The molecule has 4 rings (SSSR count). The lowest BCUT2D eigenvalue weighted by Gasteiger charge is -2.26. The number of hydrogen-bond donors (Lipinski definition) is 0. The van der Waals surface area contributed by atoms with E-state index in [1.165, 1.54) is 18.4 Å². The molecule has 1 aliphatic rings. The Hall–Kier alpha value is -3.85. The maximum Gasteiger partial charge on any atom is 0.338 e. The summed E-state index contributed by atoms with van der Waals surface area (Å²) in [5.74, 6) is 0.411. The number of aromatic nitrogens is 1. The van der Waals surface area contributed by atoms with Crippen molar-refractivity contribution in [3.05, 3.63) is 84.5 Å². The fourth-order valence-corrected chi connectivity index (χ4v) is 5.28. The van der Waals surface area contributed by atoms with Crippen LogP contribution in [0.15, 0.2) is 63.5 Å². The van der Waals surface area contributed by atoms with Crippen LogP contribution in [-0.4, -0.2) is 45.5 Å². The topological polar surface area (TPSA) is 82.4 Å². The molecule has 0 N–H and O–H groups in total. The number of allylic oxidation sites excluding steroid dienone is 1. The highest BCUT2D eigenvalue weighted by atomic mass is 32.1. The van der Waals surface area contributed by atoms with Gasteiger partial charge in [-0.05, 0) is 43.7 Å². The molecule has 8 nitrogen and oxygen atoms in total. The van der Waals surface area contributed by atoms with Crippen LogP contribution < -0.4 is 29.3 Å². The molecule has 0 amide bonds. The number of esters is 1. The zero-order chi connectivity index (χ0) is 26.0. The maximum absolute atomic E-state index is 13.8. The van der Waals surface area contributed by atoms with E-state index in [9.17, 15) is 9.59 Å². The Labute approximate surface area is 213 Å². The molecule has 3 aromatic rings. The molecule has 9 heteroatoms. The Morgan fingerprint density at radius 1 is 1.14 bits per heavy atom. The molecule has 0 saturated carbocycles. The average molecular weight is 508 g/mol. The highest BCUT2D eigenvalue weighted by Gasteiger charge is 2.35. The number of thiazole rings is 1. The second-order valence-corrected chi connectivity index (χ2v) is 9.38. The fourth-order valence-electron chi connectivity index (χ4n) is 4.23. The van der Waals surface area contributed by atoms with Gasteiger partial charge in [-0.25, -0.2) is 9.79 Å². The van der Waals surface area contributed by atoms with E-state index in [4.69, 9.17) is 14.2 Å². The van der Waals surface area contributed by atoms with Crippen molar-refractivity contribution in [3.63, 3.8) is 0 Å². The van der Waals surface area contributed by atoms with Crippen molar-refractivity contribution >= 4 is 29.1 Å². The summed E-state index contributed by atoms with van der Waals surface area (Å²) in [6.45, 7) is 3.69. The Balaban J connectivity index is 1.96. The molecule has 2 aromatic carbocycles. The molecule has 0 unspecified atom stereocenters. The molecule has 0 aliphatic carbocycles. The summed E-state index contributed by atoms with van der Waals surface area (Å²) in [5, 5.41) is 0. The molecule has 1 aromatic heterocycles. The molecule has 0 radical (unpaired) electrons. The molecular weight excluding hydrogens is 478 g/mol. The molecule has 1 aliphatic heterocycles. The van der Waals surface area contributed by atoms with Crippen molar-refractivity contribution in [2.24, 2.45) is 4.99 Å². The highest BCUT2D eigenvalue weighted by Crippen LogP contribution is 2.40. The smallest absolute Gasteiger partial charge is 0.338 e. The van der Waals surface area contributed by atoms with Gasteiger partial charge in [0.05, 0.1) is 36.6 Å². The first kappa shape index (κ1) is 25.2. The molecule has 0 bridgehead atoms. The molecule has 0 spiro atoms. The number of ether oxygens (including phenoxy) is 3. The van der Waals surface area contributed by atoms with Gasteiger partial charge in [-0.2, -0.15) is 0 Å². The monoisotopic (exact) mass is 507 g/mol. The summed E-state index contributed by atoms with van der Waals surface area (Å²) >= 11 is 1.28. The van der Waals surface area contributed by atoms with E-state index >= 15 is 0 Å². The van der Waals surface area contributed by atoms with Crippen molar-refractivity contribution in [1.29, 1.82) is 0 Å². The number of nitrogens with zero attached hydrogens (tertiary/aromatic N) is 3. The zero-order valence-electron chi connectivity index (χ0n) is 21.2. The van der Waals surface area contributed by atoms with Gasteiger partial charge >= 0.3 is 5.97 Å². The standard InChI is InChI=1S/C27H29N3O5S/c1-7-35-26(32)22-16(2)28-27-30(23(22)19-9-8-10-20(33-5)24(19)34-6)25(31)21(36-27)15-17-11-13-18(14-12-17)29(3)4/h8-15,23H,7H2,1-6H3/b21-15-/t23-/m0/s1. The predicted octanol–water partition coefficient (Wildman–Crippen LogP) is 2.88. The van der Waals surface area contributed by atoms with E-state index in [0.29, 0.717) is 32.1 Å². The lowest BCUT2D eigenvalue weighted by Crippen LogP contribution is -2.40. The van der Waals surface area contributed by atoms with Gasteiger partial charge in [0.2, 0.25) is 0 Å². The number of rotatable bonds is 7. The quantitative estimate of drug-likeness (QED) is 0.458. The molecule has 36 heavy (non-hydrogen) atoms. The summed E-state index contributed by atoms with van der Waals surface area (Å²) in [7, 11) is 7.03. The summed E-state index contributed by atoms with van der Waals surface area (Å²) in [6, 6.07) is 12.5.